The van der Waals surface area contributed by atoms with E-state index in [1.54, 1.807) is 13.4 Å². The van der Waals surface area contributed by atoms with Crippen molar-refractivity contribution in [1.82, 2.24) is 14.9 Å². The Kier molecular flexibility index (Phi) is 9.03. The average Bonchev–Trinajstić information content (AvgIpc) is 3.48. The molecule has 1 N–H and O–H groups in total. The second-order valence-corrected chi connectivity index (χ2v) is 18.1. The van der Waals surface area contributed by atoms with Crippen LogP contribution in [0.5, 0.6) is 0 Å². The summed E-state index contributed by atoms with van der Waals surface area (Å²) in [5.41, 5.74) is 4.51. The van der Waals surface area contributed by atoms with E-state index in [0.29, 0.717) is 19.8 Å². The van der Waals surface area contributed by atoms with Crippen LogP contribution in [0.25, 0.3) is 27.9 Å². The molecule has 1 atom stereocenters. The van der Waals surface area contributed by atoms with Crippen LogP contribution in [0.1, 0.15) is 51.2 Å². The molecule has 0 aromatic carbocycles. The first-order valence-corrected chi connectivity index (χ1v) is 17.5. The lowest BCUT2D eigenvalue weighted by Crippen LogP contribution is -2.40. The topological polar surface area (TPSA) is 87.8 Å². The minimum atomic E-state index is -1.19. The van der Waals surface area contributed by atoms with E-state index >= 15 is 0 Å². The third kappa shape index (κ3) is 7.61. The average molecular weight is 554 g/mol. The van der Waals surface area contributed by atoms with E-state index in [9.17, 15) is 4.79 Å². The standard InChI is InChI=1S/C30H43N3O5Si/c1-30(2,3)38-29(34)32-23-11-8-10-21(16-23)26-22(19-35-4)17-31-28-27(26)24(25-12-9-13-37-25)18-33(28)20-36-14-15-39(5,6)7/h9-10,12-13,17-18,23H,8,11,14-16,19-20H2,1-7H3,(H,32,34). The van der Waals surface area contributed by atoms with Crippen molar-refractivity contribution < 1.29 is 23.4 Å². The number of rotatable bonds is 10. The molecule has 39 heavy (non-hydrogen) atoms. The number of ether oxygens (including phenoxy) is 3. The van der Waals surface area contributed by atoms with Gasteiger partial charge in [-0.05, 0) is 69.3 Å². The Morgan fingerprint density at radius 2 is 2.08 bits per heavy atom. The van der Waals surface area contributed by atoms with Crippen molar-refractivity contribution in [2.24, 2.45) is 0 Å². The normalized spacial score (nSPS) is 16.4. The van der Waals surface area contributed by atoms with E-state index in [0.717, 1.165) is 64.5 Å². The van der Waals surface area contributed by atoms with Crippen molar-refractivity contribution in [1.29, 1.82) is 0 Å². The highest BCUT2D eigenvalue weighted by Gasteiger charge is 2.27. The van der Waals surface area contributed by atoms with E-state index in [4.69, 9.17) is 23.6 Å². The van der Waals surface area contributed by atoms with Gasteiger partial charge in [0.15, 0.2) is 0 Å². The van der Waals surface area contributed by atoms with Crippen LogP contribution in [-0.2, 0) is 27.5 Å². The molecule has 1 aliphatic carbocycles. The molecule has 0 saturated heterocycles. The van der Waals surface area contributed by atoms with Gasteiger partial charge in [0.25, 0.3) is 0 Å². The van der Waals surface area contributed by atoms with E-state index < -0.39 is 13.7 Å². The Bertz CT molecular complexity index is 1300. The van der Waals surface area contributed by atoms with Gasteiger partial charge in [-0.25, -0.2) is 9.78 Å². The Morgan fingerprint density at radius 1 is 1.28 bits per heavy atom. The molecule has 4 rings (SSSR count). The number of furan rings is 1. The molecule has 3 heterocycles. The maximum atomic E-state index is 12.5. The van der Waals surface area contributed by atoms with Crippen LogP contribution in [0.3, 0.4) is 0 Å². The molecule has 212 valence electrons. The lowest BCUT2D eigenvalue weighted by molar-refractivity contribution is 0.0502. The fourth-order valence-electron chi connectivity index (χ4n) is 4.90. The third-order valence-electron chi connectivity index (χ3n) is 6.69. The summed E-state index contributed by atoms with van der Waals surface area (Å²) in [5.74, 6) is 0.776. The van der Waals surface area contributed by atoms with E-state index in [1.165, 1.54) is 0 Å². The second-order valence-electron chi connectivity index (χ2n) is 12.5. The maximum absolute atomic E-state index is 12.5. The van der Waals surface area contributed by atoms with Crippen molar-refractivity contribution in [2.75, 3.05) is 13.7 Å². The Balaban J connectivity index is 1.72. The molecule has 0 spiro atoms. The highest BCUT2D eigenvalue weighted by Crippen LogP contribution is 2.40. The number of alkyl carbamates (subject to hydrolysis) is 1. The van der Waals surface area contributed by atoms with Crippen molar-refractivity contribution >= 4 is 30.8 Å². The molecule has 0 fully saturated rings. The highest BCUT2D eigenvalue weighted by molar-refractivity contribution is 6.76. The van der Waals surface area contributed by atoms with Crippen LogP contribution in [0, 0.1) is 0 Å². The number of methoxy groups -OCH3 is 1. The summed E-state index contributed by atoms with van der Waals surface area (Å²) < 4.78 is 25.2. The molecule has 1 unspecified atom stereocenters. The third-order valence-corrected chi connectivity index (χ3v) is 8.40. The number of aromatic nitrogens is 2. The molecule has 3 aromatic heterocycles. The first kappa shape index (κ1) is 29.1. The lowest BCUT2D eigenvalue weighted by Gasteiger charge is -2.27. The van der Waals surface area contributed by atoms with Gasteiger partial charge in [-0.15, -0.1) is 0 Å². The Hall–Kier alpha value is -2.88. The molecule has 3 aromatic rings. The summed E-state index contributed by atoms with van der Waals surface area (Å²) >= 11 is 0. The number of nitrogens with one attached hydrogen (secondary N) is 1. The van der Waals surface area contributed by atoms with Gasteiger partial charge < -0.3 is 28.5 Å². The summed E-state index contributed by atoms with van der Waals surface area (Å²) in [6.07, 6.45) is 9.94. The van der Waals surface area contributed by atoms with Crippen LogP contribution in [0.15, 0.2) is 41.3 Å². The quantitative estimate of drug-likeness (QED) is 0.211. The number of amides is 1. The number of fused-ring (bicyclic) bond motifs is 1. The van der Waals surface area contributed by atoms with Gasteiger partial charge in [0, 0.05) is 56.7 Å². The molecule has 0 radical (unpaired) electrons. The summed E-state index contributed by atoms with van der Waals surface area (Å²) in [6, 6.07) is 4.94. The molecular weight excluding hydrogens is 510 g/mol. The number of allylic oxidation sites excluding steroid dienone is 1. The molecule has 9 heteroatoms. The summed E-state index contributed by atoms with van der Waals surface area (Å²) in [5, 5.41) is 4.09. The van der Waals surface area contributed by atoms with Crippen LogP contribution in [-0.4, -0.2) is 49.1 Å². The number of carbonyl (C=O) groups is 1. The van der Waals surface area contributed by atoms with Crippen molar-refractivity contribution in [2.45, 2.75) is 90.7 Å². The summed E-state index contributed by atoms with van der Waals surface area (Å²) in [7, 11) is 0.503. The molecule has 0 saturated carbocycles. The van der Waals surface area contributed by atoms with E-state index in [2.05, 4.69) is 41.8 Å². The van der Waals surface area contributed by atoms with Gasteiger partial charge >= 0.3 is 6.09 Å². The van der Waals surface area contributed by atoms with Crippen LogP contribution in [0.2, 0.25) is 25.7 Å². The number of nitrogens with zero attached hydrogens (tertiary/aromatic N) is 2. The van der Waals surface area contributed by atoms with Crippen molar-refractivity contribution in [3.05, 3.63) is 48.0 Å². The van der Waals surface area contributed by atoms with Crippen LogP contribution >= 0.6 is 0 Å². The minimum absolute atomic E-state index is 0.0301. The zero-order valence-corrected chi connectivity index (χ0v) is 25.4. The van der Waals surface area contributed by atoms with E-state index in [-0.39, 0.29) is 12.1 Å². The predicted molar refractivity (Wildman–Crippen MR) is 157 cm³/mol. The first-order chi connectivity index (χ1) is 18.4. The minimum Gasteiger partial charge on any atom is -0.464 e. The molecular formula is C30H43N3O5Si. The first-order valence-electron chi connectivity index (χ1n) is 13.8. The van der Waals surface area contributed by atoms with Gasteiger partial charge in [0.05, 0.1) is 12.9 Å². The molecule has 1 amide bonds. The maximum Gasteiger partial charge on any atom is 0.407 e. The molecule has 0 aliphatic heterocycles. The van der Waals surface area contributed by atoms with Crippen molar-refractivity contribution in [3.8, 4) is 11.3 Å². The number of hydrogen-bond donors (Lipinski definition) is 1. The molecule has 1 aliphatic rings. The Labute approximate surface area is 232 Å². The van der Waals surface area contributed by atoms with E-state index in [1.807, 2.05) is 39.1 Å². The lowest BCUT2D eigenvalue weighted by atomic mass is 9.86. The zero-order valence-electron chi connectivity index (χ0n) is 24.4. The van der Waals surface area contributed by atoms with Gasteiger partial charge in [-0.3, -0.25) is 0 Å². The predicted octanol–water partition coefficient (Wildman–Crippen LogP) is 7.22. The summed E-state index contributed by atoms with van der Waals surface area (Å²) in [4.78, 5) is 17.4. The fraction of sp³-hybridized carbons (Fsp3) is 0.533. The van der Waals surface area contributed by atoms with Gasteiger partial charge in [-0.2, -0.15) is 0 Å². The van der Waals surface area contributed by atoms with Gasteiger partial charge in [0.1, 0.15) is 23.7 Å². The largest absolute Gasteiger partial charge is 0.464 e. The Morgan fingerprint density at radius 3 is 2.74 bits per heavy atom. The number of carbonyl (C=O) groups excluding carboxylic acids is 1. The smallest absolute Gasteiger partial charge is 0.407 e. The van der Waals surface area contributed by atoms with Gasteiger partial charge in [-0.1, -0.05) is 25.7 Å². The monoisotopic (exact) mass is 553 g/mol. The van der Waals surface area contributed by atoms with Crippen LogP contribution < -0.4 is 5.32 Å². The highest BCUT2D eigenvalue weighted by atomic mass is 28.3. The molecule has 8 nitrogen and oxygen atoms in total. The fourth-order valence-corrected chi connectivity index (χ4v) is 5.65. The molecule has 0 bridgehead atoms. The van der Waals surface area contributed by atoms with Gasteiger partial charge in [0.2, 0.25) is 0 Å². The van der Waals surface area contributed by atoms with Crippen molar-refractivity contribution in [3.63, 3.8) is 0 Å². The SMILES string of the molecule is COCc1cnc2c(c(-c3ccco3)cn2COCC[Si](C)(C)C)c1C1=CCCC(NC(=O)OC(C)(C)C)C1. The second kappa shape index (κ2) is 12.1. The van der Waals surface area contributed by atoms with Crippen LogP contribution in [0.4, 0.5) is 4.79 Å². The zero-order chi connectivity index (χ0) is 28.2. The number of pyridine rings is 1. The summed E-state index contributed by atoms with van der Waals surface area (Å²) in [6.45, 7) is 14.2. The number of hydrogen-bond acceptors (Lipinski definition) is 6.